The summed E-state index contributed by atoms with van der Waals surface area (Å²) in [6.45, 7) is 3.14. The Morgan fingerprint density at radius 3 is 2.15 bits per heavy atom. The van der Waals surface area contributed by atoms with Crippen molar-refractivity contribution in [2.75, 3.05) is 6.61 Å². The molecule has 0 N–H and O–H groups in total. The van der Waals surface area contributed by atoms with E-state index >= 15 is 0 Å². The first-order valence-corrected chi connectivity index (χ1v) is 7.02. The van der Waals surface area contributed by atoms with E-state index in [2.05, 4.69) is 15.9 Å². The molecule has 0 atom stereocenters. The van der Waals surface area contributed by atoms with Crippen molar-refractivity contribution in [2.24, 2.45) is 0 Å². The van der Waals surface area contributed by atoms with E-state index in [1.807, 2.05) is 13.8 Å². The van der Waals surface area contributed by atoms with Gasteiger partial charge in [-0.05, 0) is 37.1 Å². The molecule has 0 bridgehead atoms. The van der Waals surface area contributed by atoms with E-state index in [-0.39, 0.29) is 5.56 Å². The Morgan fingerprint density at radius 1 is 1.05 bits per heavy atom. The Labute approximate surface area is 125 Å². The Balaban J connectivity index is 2.12. The largest absolute Gasteiger partial charge is 0.487 e. The molecule has 2 rings (SSSR count). The fourth-order valence-corrected chi connectivity index (χ4v) is 2.16. The van der Waals surface area contributed by atoms with Crippen molar-refractivity contribution < 1.29 is 13.5 Å². The molecule has 0 aromatic heterocycles. The normalized spacial score (nSPS) is 11.4. The SMILES string of the molecule is Cc1cc(OCC(F)(F)c2ccccc2)cc(C)c1Br. The molecule has 0 spiro atoms. The molecule has 0 unspecified atom stereocenters. The van der Waals surface area contributed by atoms with Crippen LogP contribution in [-0.4, -0.2) is 6.61 Å². The zero-order valence-electron chi connectivity index (χ0n) is 11.3. The number of hydrogen-bond donors (Lipinski definition) is 0. The van der Waals surface area contributed by atoms with E-state index in [0.29, 0.717) is 5.75 Å². The number of halogens is 3. The van der Waals surface area contributed by atoms with Crippen molar-refractivity contribution in [3.63, 3.8) is 0 Å². The fraction of sp³-hybridized carbons (Fsp3) is 0.250. The lowest BCUT2D eigenvalue weighted by Gasteiger charge is -2.18. The van der Waals surface area contributed by atoms with Crippen molar-refractivity contribution in [3.05, 3.63) is 63.6 Å². The number of rotatable bonds is 4. The minimum Gasteiger partial charge on any atom is -0.487 e. The van der Waals surface area contributed by atoms with Crippen LogP contribution in [0.3, 0.4) is 0 Å². The summed E-state index contributed by atoms with van der Waals surface area (Å²) in [7, 11) is 0. The smallest absolute Gasteiger partial charge is 0.306 e. The number of alkyl halides is 2. The zero-order valence-corrected chi connectivity index (χ0v) is 12.9. The number of aryl methyl sites for hydroxylation is 2. The highest BCUT2D eigenvalue weighted by Crippen LogP contribution is 2.31. The molecule has 0 saturated heterocycles. The molecule has 20 heavy (non-hydrogen) atoms. The van der Waals surface area contributed by atoms with Gasteiger partial charge >= 0.3 is 5.92 Å². The second-order valence-corrected chi connectivity index (χ2v) is 5.52. The second kappa shape index (κ2) is 5.92. The predicted molar refractivity (Wildman–Crippen MR) is 79.4 cm³/mol. The van der Waals surface area contributed by atoms with Crippen molar-refractivity contribution in [1.82, 2.24) is 0 Å². The lowest BCUT2D eigenvalue weighted by atomic mass is 10.1. The summed E-state index contributed by atoms with van der Waals surface area (Å²) >= 11 is 3.44. The summed E-state index contributed by atoms with van der Waals surface area (Å²) in [5, 5.41) is 0. The molecular weight excluding hydrogens is 326 g/mol. The van der Waals surface area contributed by atoms with Crippen LogP contribution in [0, 0.1) is 13.8 Å². The van der Waals surface area contributed by atoms with Crippen LogP contribution in [0.5, 0.6) is 5.75 Å². The third kappa shape index (κ3) is 3.37. The highest BCUT2D eigenvalue weighted by atomic mass is 79.9. The maximum absolute atomic E-state index is 14.0. The van der Waals surface area contributed by atoms with E-state index in [9.17, 15) is 8.78 Å². The molecule has 0 fully saturated rings. The van der Waals surface area contributed by atoms with Crippen molar-refractivity contribution in [2.45, 2.75) is 19.8 Å². The lowest BCUT2D eigenvalue weighted by molar-refractivity contribution is -0.0467. The predicted octanol–water partition coefficient (Wildman–Crippen LogP) is 5.24. The molecule has 0 radical (unpaired) electrons. The summed E-state index contributed by atoms with van der Waals surface area (Å²) < 4.78 is 34.2. The first-order valence-electron chi connectivity index (χ1n) is 6.23. The van der Waals surface area contributed by atoms with E-state index in [1.165, 1.54) is 12.1 Å². The first kappa shape index (κ1) is 15.0. The van der Waals surface area contributed by atoms with Crippen LogP contribution in [0.2, 0.25) is 0 Å². The van der Waals surface area contributed by atoms with Crippen LogP contribution >= 0.6 is 15.9 Å². The highest BCUT2D eigenvalue weighted by molar-refractivity contribution is 9.10. The number of ether oxygens (including phenoxy) is 1. The van der Waals surface area contributed by atoms with E-state index < -0.39 is 12.5 Å². The van der Waals surface area contributed by atoms with Gasteiger partial charge in [-0.3, -0.25) is 0 Å². The molecule has 0 amide bonds. The maximum atomic E-state index is 14.0. The molecule has 106 valence electrons. The van der Waals surface area contributed by atoms with Gasteiger partial charge in [0.2, 0.25) is 0 Å². The molecular formula is C16H15BrF2O. The Morgan fingerprint density at radius 2 is 1.60 bits per heavy atom. The van der Waals surface area contributed by atoms with Crippen LogP contribution in [0.1, 0.15) is 16.7 Å². The van der Waals surface area contributed by atoms with Crippen LogP contribution in [0.25, 0.3) is 0 Å². The number of benzene rings is 2. The average Bonchev–Trinajstić information content (AvgIpc) is 2.43. The third-order valence-corrected chi connectivity index (χ3v) is 4.28. The van der Waals surface area contributed by atoms with Gasteiger partial charge in [0.05, 0.1) is 0 Å². The summed E-state index contributed by atoms with van der Waals surface area (Å²) in [5.41, 5.74) is 1.89. The van der Waals surface area contributed by atoms with Gasteiger partial charge in [-0.15, -0.1) is 0 Å². The summed E-state index contributed by atoms with van der Waals surface area (Å²) in [6.07, 6.45) is 0. The maximum Gasteiger partial charge on any atom is 0.306 e. The minimum atomic E-state index is -3.00. The van der Waals surface area contributed by atoms with Crippen molar-refractivity contribution in [3.8, 4) is 5.75 Å². The van der Waals surface area contributed by atoms with Crippen LogP contribution in [-0.2, 0) is 5.92 Å². The molecule has 0 aliphatic carbocycles. The van der Waals surface area contributed by atoms with Gasteiger partial charge < -0.3 is 4.74 Å². The summed E-state index contributed by atoms with van der Waals surface area (Å²) in [6, 6.07) is 11.2. The monoisotopic (exact) mass is 340 g/mol. The molecule has 4 heteroatoms. The van der Waals surface area contributed by atoms with Gasteiger partial charge in [-0.2, -0.15) is 8.78 Å². The van der Waals surface area contributed by atoms with Crippen molar-refractivity contribution >= 4 is 15.9 Å². The standard InChI is InChI=1S/C16H15BrF2O/c1-11-8-14(9-12(2)15(11)17)20-10-16(18,19)13-6-4-3-5-7-13/h3-9H,10H2,1-2H3. The lowest BCUT2D eigenvalue weighted by Crippen LogP contribution is -2.23. The van der Waals surface area contributed by atoms with Crippen LogP contribution in [0.4, 0.5) is 8.78 Å². The third-order valence-electron chi connectivity index (χ3n) is 3.03. The first-order chi connectivity index (χ1) is 9.40. The molecule has 0 heterocycles. The van der Waals surface area contributed by atoms with E-state index in [0.717, 1.165) is 15.6 Å². The average molecular weight is 341 g/mol. The minimum absolute atomic E-state index is 0.0365. The summed E-state index contributed by atoms with van der Waals surface area (Å²) in [4.78, 5) is 0. The summed E-state index contributed by atoms with van der Waals surface area (Å²) in [5.74, 6) is -2.55. The van der Waals surface area contributed by atoms with Gasteiger partial charge in [-0.1, -0.05) is 46.3 Å². The van der Waals surface area contributed by atoms with E-state index in [4.69, 9.17) is 4.74 Å². The topological polar surface area (TPSA) is 9.23 Å². The quantitative estimate of drug-likeness (QED) is 0.739. The van der Waals surface area contributed by atoms with Crippen molar-refractivity contribution in [1.29, 1.82) is 0 Å². The zero-order chi connectivity index (χ0) is 14.8. The Bertz CT molecular complexity index is 574. The molecule has 0 aliphatic heterocycles. The molecule has 0 aliphatic rings. The molecule has 0 saturated carbocycles. The van der Waals surface area contributed by atoms with Crippen LogP contribution in [0.15, 0.2) is 46.9 Å². The van der Waals surface area contributed by atoms with Gasteiger partial charge in [-0.25, -0.2) is 0 Å². The van der Waals surface area contributed by atoms with Gasteiger partial charge in [0.25, 0.3) is 0 Å². The number of hydrogen-bond acceptors (Lipinski definition) is 1. The molecule has 2 aromatic carbocycles. The van der Waals surface area contributed by atoms with E-state index in [1.54, 1.807) is 30.3 Å². The highest BCUT2D eigenvalue weighted by Gasteiger charge is 2.32. The second-order valence-electron chi connectivity index (χ2n) is 4.73. The molecule has 2 aromatic rings. The van der Waals surface area contributed by atoms with Crippen LogP contribution < -0.4 is 4.74 Å². The Hall–Kier alpha value is -1.42. The Kier molecular flexibility index (Phi) is 4.43. The van der Waals surface area contributed by atoms with Gasteiger partial charge in [0.1, 0.15) is 5.75 Å². The fourth-order valence-electron chi connectivity index (χ4n) is 1.93. The van der Waals surface area contributed by atoms with Gasteiger partial charge in [0, 0.05) is 10.0 Å². The molecule has 1 nitrogen and oxygen atoms in total. The van der Waals surface area contributed by atoms with Gasteiger partial charge in [0.15, 0.2) is 6.61 Å².